The molecule has 0 saturated carbocycles. The van der Waals surface area contributed by atoms with E-state index in [1.54, 1.807) is 13.4 Å². The monoisotopic (exact) mass is 200 g/mol. The number of para-hydroxylation sites is 1. The maximum Gasteiger partial charge on any atom is 0.133 e. The summed E-state index contributed by atoms with van der Waals surface area (Å²) in [6.07, 6.45) is 1.63. The Bertz CT molecular complexity index is 455. The second-order valence-corrected chi connectivity index (χ2v) is 3.16. The molecule has 0 aliphatic carbocycles. The molecule has 0 aliphatic rings. The molecule has 0 bridgehead atoms. The molecule has 0 amide bonds. The van der Waals surface area contributed by atoms with Crippen LogP contribution < -0.4 is 4.74 Å². The van der Waals surface area contributed by atoms with Gasteiger partial charge in [0.25, 0.3) is 0 Å². The average molecular weight is 200 g/mol. The molecule has 0 saturated heterocycles. The first-order chi connectivity index (χ1) is 7.33. The van der Waals surface area contributed by atoms with Gasteiger partial charge in [0.15, 0.2) is 0 Å². The Morgan fingerprint density at radius 3 is 2.67 bits per heavy atom. The van der Waals surface area contributed by atoms with Crippen LogP contribution in [0.2, 0.25) is 0 Å². The third kappa shape index (κ3) is 1.79. The van der Waals surface area contributed by atoms with Gasteiger partial charge < -0.3 is 9.15 Å². The zero-order chi connectivity index (χ0) is 10.7. The van der Waals surface area contributed by atoms with Crippen molar-refractivity contribution in [3.8, 4) is 5.75 Å². The van der Waals surface area contributed by atoms with E-state index in [1.807, 2.05) is 36.4 Å². The summed E-state index contributed by atoms with van der Waals surface area (Å²) in [5.41, 5.74) is 1.78. The van der Waals surface area contributed by atoms with Crippen LogP contribution in [-0.2, 0) is 0 Å². The van der Waals surface area contributed by atoms with Gasteiger partial charge in [0.2, 0.25) is 0 Å². The zero-order valence-electron chi connectivity index (χ0n) is 8.57. The van der Waals surface area contributed by atoms with Crippen LogP contribution in [0.15, 0.2) is 53.7 Å². The van der Waals surface area contributed by atoms with Crippen LogP contribution in [0, 0.1) is 0 Å². The van der Waals surface area contributed by atoms with Crippen LogP contribution in [-0.4, -0.2) is 7.11 Å². The van der Waals surface area contributed by atoms with E-state index in [1.165, 1.54) is 0 Å². The molecular formula is C13H12O2. The molecule has 0 unspecified atom stereocenters. The van der Waals surface area contributed by atoms with E-state index in [2.05, 4.69) is 6.58 Å². The predicted octanol–water partition coefficient (Wildman–Crippen LogP) is 3.35. The summed E-state index contributed by atoms with van der Waals surface area (Å²) in [5, 5.41) is 0. The standard InChI is InChI=1S/C13H12O2/c1-10(12-8-5-9-15-12)11-6-3-4-7-13(11)14-2/h3-9H,1H2,2H3. The zero-order valence-corrected chi connectivity index (χ0v) is 8.57. The molecule has 1 heterocycles. The van der Waals surface area contributed by atoms with Crippen molar-refractivity contribution in [2.45, 2.75) is 0 Å². The van der Waals surface area contributed by atoms with Crippen molar-refractivity contribution in [3.05, 3.63) is 60.6 Å². The summed E-state index contributed by atoms with van der Waals surface area (Å²) < 4.78 is 10.6. The Kier molecular flexibility index (Phi) is 2.59. The SMILES string of the molecule is C=C(c1ccco1)c1ccccc1OC. The molecule has 0 aliphatic heterocycles. The van der Waals surface area contributed by atoms with Gasteiger partial charge in [0.05, 0.1) is 13.4 Å². The molecule has 1 aromatic carbocycles. The molecule has 0 atom stereocenters. The van der Waals surface area contributed by atoms with Gasteiger partial charge >= 0.3 is 0 Å². The van der Waals surface area contributed by atoms with Crippen molar-refractivity contribution in [1.29, 1.82) is 0 Å². The maximum atomic E-state index is 5.29. The molecule has 2 heteroatoms. The Morgan fingerprint density at radius 1 is 1.20 bits per heavy atom. The van der Waals surface area contributed by atoms with Crippen molar-refractivity contribution in [3.63, 3.8) is 0 Å². The van der Waals surface area contributed by atoms with E-state index in [4.69, 9.17) is 9.15 Å². The van der Waals surface area contributed by atoms with Crippen molar-refractivity contribution in [1.82, 2.24) is 0 Å². The molecular weight excluding hydrogens is 188 g/mol. The first-order valence-electron chi connectivity index (χ1n) is 4.69. The molecule has 0 fully saturated rings. The van der Waals surface area contributed by atoms with E-state index < -0.39 is 0 Å². The van der Waals surface area contributed by atoms with Gasteiger partial charge in [-0.1, -0.05) is 24.8 Å². The molecule has 1 aromatic heterocycles. The minimum absolute atomic E-state index is 0.763. The van der Waals surface area contributed by atoms with E-state index in [9.17, 15) is 0 Å². The van der Waals surface area contributed by atoms with Crippen molar-refractivity contribution in [2.75, 3.05) is 7.11 Å². The summed E-state index contributed by atoms with van der Waals surface area (Å²) >= 11 is 0. The minimum atomic E-state index is 0.763. The fourth-order valence-corrected chi connectivity index (χ4v) is 1.48. The van der Waals surface area contributed by atoms with Crippen molar-refractivity contribution < 1.29 is 9.15 Å². The highest BCUT2D eigenvalue weighted by Gasteiger charge is 2.09. The highest BCUT2D eigenvalue weighted by Crippen LogP contribution is 2.29. The first-order valence-corrected chi connectivity index (χ1v) is 4.69. The molecule has 15 heavy (non-hydrogen) atoms. The molecule has 0 N–H and O–H groups in total. The Balaban J connectivity index is 2.42. The molecule has 0 spiro atoms. The normalized spacial score (nSPS) is 9.93. The summed E-state index contributed by atoms with van der Waals surface area (Å²) in [5.74, 6) is 1.57. The highest BCUT2D eigenvalue weighted by atomic mass is 16.5. The third-order valence-electron chi connectivity index (χ3n) is 2.25. The largest absolute Gasteiger partial charge is 0.496 e. The van der Waals surface area contributed by atoms with Gasteiger partial charge in [0, 0.05) is 11.1 Å². The fourth-order valence-electron chi connectivity index (χ4n) is 1.48. The fraction of sp³-hybridized carbons (Fsp3) is 0.0769. The van der Waals surface area contributed by atoms with E-state index in [-0.39, 0.29) is 0 Å². The maximum absolute atomic E-state index is 5.29. The van der Waals surface area contributed by atoms with Crippen LogP contribution in [0.5, 0.6) is 5.75 Å². The minimum Gasteiger partial charge on any atom is -0.496 e. The molecule has 0 radical (unpaired) electrons. The van der Waals surface area contributed by atoms with Crippen LogP contribution in [0.25, 0.3) is 5.57 Å². The summed E-state index contributed by atoms with van der Waals surface area (Å²) in [6.45, 7) is 4.00. The third-order valence-corrected chi connectivity index (χ3v) is 2.25. The number of rotatable bonds is 3. The Morgan fingerprint density at radius 2 is 2.00 bits per heavy atom. The Hall–Kier alpha value is -1.96. The van der Waals surface area contributed by atoms with Gasteiger partial charge in [0.1, 0.15) is 11.5 Å². The lowest BCUT2D eigenvalue weighted by molar-refractivity contribution is 0.413. The predicted molar refractivity (Wildman–Crippen MR) is 59.8 cm³/mol. The molecule has 2 nitrogen and oxygen atoms in total. The number of benzene rings is 1. The number of hydrogen-bond acceptors (Lipinski definition) is 2. The topological polar surface area (TPSA) is 22.4 Å². The first kappa shape index (κ1) is 9.59. The Labute approximate surface area is 88.8 Å². The van der Waals surface area contributed by atoms with Gasteiger partial charge in [-0.2, -0.15) is 0 Å². The van der Waals surface area contributed by atoms with Crippen molar-refractivity contribution >= 4 is 5.57 Å². The van der Waals surface area contributed by atoms with E-state index in [0.717, 1.165) is 22.6 Å². The molecule has 2 aromatic rings. The summed E-state index contributed by atoms with van der Waals surface area (Å²) in [6, 6.07) is 11.5. The van der Waals surface area contributed by atoms with E-state index in [0.29, 0.717) is 0 Å². The van der Waals surface area contributed by atoms with Crippen LogP contribution in [0.1, 0.15) is 11.3 Å². The van der Waals surface area contributed by atoms with Crippen molar-refractivity contribution in [2.24, 2.45) is 0 Å². The van der Waals surface area contributed by atoms with Gasteiger partial charge in [-0.05, 0) is 18.2 Å². The van der Waals surface area contributed by atoms with Gasteiger partial charge in [-0.25, -0.2) is 0 Å². The molecule has 2 rings (SSSR count). The summed E-state index contributed by atoms with van der Waals surface area (Å²) in [7, 11) is 1.65. The second-order valence-electron chi connectivity index (χ2n) is 3.16. The quantitative estimate of drug-likeness (QED) is 0.758. The van der Waals surface area contributed by atoms with Crippen LogP contribution in [0.3, 0.4) is 0 Å². The average Bonchev–Trinajstić information content (AvgIpc) is 2.81. The van der Waals surface area contributed by atoms with Gasteiger partial charge in [-0.3, -0.25) is 0 Å². The highest BCUT2D eigenvalue weighted by molar-refractivity contribution is 5.78. The lowest BCUT2D eigenvalue weighted by atomic mass is 10.0. The van der Waals surface area contributed by atoms with Crippen LogP contribution in [0.4, 0.5) is 0 Å². The number of furan rings is 1. The smallest absolute Gasteiger partial charge is 0.133 e. The number of methoxy groups -OCH3 is 1. The number of ether oxygens (including phenoxy) is 1. The number of hydrogen-bond donors (Lipinski definition) is 0. The van der Waals surface area contributed by atoms with Crippen LogP contribution >= 0.6 is 0 Å². The van der Waals surface area contributed by atoms with Gasteiger partial charge in [-0.15, -0.1) is 0 Å². The van der Waals surface area contributed by atoms with E-state index >= 15 is 0 Å². The lowest BCUT2D eigenvalue weighted by Crippen LogP contribution is -1.90. The second kappa shape index (κ2) is 4.05. The summed E-state index contributed by atoms with van der Waals surface area (Å²) in [4.78, 5) is 0. The lowest BCUT2D eigenvalue weighted by Gasteiger charge is -2.08. The molecule has 76 valence electrons.